The van der Waals surface area contributed by atoms with E-state index in [1.807, 2.05) is 37.3 Å². The Morgan fingerprint density at radius 2 is 1.92 bits per heavy atom. The summed E-state index contributed by atoms with van der Waals surface area (Å²) in [4.78, 5) is 26.0. The van der Waals surface area contributed by atoms with Gasteiger partial charge in [0.1, 0.15) is 0 Å². The highest BCUT2D eigenvalue weighted by Gasteiger charge is 2.35. The molecule has 0 spiro atoms. The number of hydrogen-bond acceptors (Lipinski definition) is 4. The maximum Gasteiger partial charge on any atom is 0.321 e. The van der Waals surface area contributed by atoms with Crippen LogP contribution in [0.2, 0.25) is 0 Å². The SMILES string of the molecule is C[C@@H]1CO[C@H](c2ccccc2)[C@H](C)N1CC(=O)NC(=O)NC1CC1. The number of carbonyl (C=O) groups excluding carboxylic acids is 2. The zero-order valence-electron chi connectivity index (χ0n) is 14.2. The van der Waals surface area contributed by atoms with Crippen LogP contribution < -0.4 is 10.6 Å². The van der Waals surface area contributed by atoms with Gasteiger partial charge < -0.3 is 10.1 Å². The summed E-state index contributed by atoms with van der Waals surface area (Å²) in [5, 5.41) is 5.19. The monoisotopic (exact) mass is 331 g/mol. The van der Waals surface area contributed by atoms with Gasteiger partial charge in [0.05, 0.1) is 19.3 Å². The Labute approximate surface area is 142 Å². The van der Waals surface area contributed by atoms with Gasteiger partial charge in [0.25, 0.3) is 0 Å². The molecule has 3 atom stereocenters. The predicted molar refractivity (Wildman–Crippen MR) is 90.5 cm³/mol. The molecule has 1 aliphatic heterocycles. The van der Waals surface area contributed by atoms with Crippen molar-refractivity contribution in [1.82, 2.24) is 15.5 Å². The van der Waals surface area contributed by atoms with Crippen molar-refractivity contribution in [3.63, 3.8) is 0 Å². The molecule has 1 saturated carbocycles. The second-order valence-electron chi connectivity index (χ2n) is 6.72. The normalized spacial score (nSPS) is 27.5. The lowest BCUT2D eigenvalue weighted by Crippen LogP contribution is -2.55. The number of ether oxygens (including phenoxy) is 1. The van der Waals surface area contributed by atoms with Crippen LogP contribution in [-0.2, 0) is 9.53 Å². The van der Waals surface area contributed by atoms with Crippen molar-refractivity contribution < 1.29 is 14.3 Å². The smallest absolute Gasteiger partial charge is 0.321 e. The van der Waals surface area contributed by atoms with Crippen molar-refractivity contribution in [1.29, 1.82) is 0 Å². The van der Waals surface area contributed by atoms with E-state index in [2.05, 4.69) is 22.5 Å². The number of benzene rings is 1. The van der Waals surface area contributed by atoms with Crippen molar-refractivity contribution in [2.45, 2.75) is 50.9 Å². The number of rotatable bonds is 4. The summed E-state index contributed by atoms with van der Waals surface area (Å²) in [6, 6.07) is 10.0. The van der Waals surface area contributed by atoms with Crippen molar-refractivity contribution in [3.05, 3.63) is 35.9 Å². The van der Waals surface area contributed by atoms with Gasteiger partial charge in [0.2, 0.25) is 5.91 Å². The molecule has 6 nitrogen and oxygen atoms in total. The highest BCUT2D eigenvalue weighted by Crippen LogP contribution is 2.30. The van der Waals surface area contributed by atoms with Crippen LogP contribution in [0.5, 0.6) is 0 Å². The molecule has 0 radical (unpaired) electrons. The van der Waals surface area contributed by atoms with Crippen LogP contribution in [0.1, 0.15) is 38.4 Å². The minimum atomic E-state index is -0.393. The summed E-state index contributed by atoms with van der Waals surface area (Å²) in [6.07, 6.45) is 1.92. The third-order valence-corrected chi connectivity index (χ3v) is 4.66. The van der Waals surface area contributed by atoms with E-state index in [4.69, 9.17) is 4.74 Å². The minimum Gasteiger partial charge on any atom is -0.370 e. The zero-order chi connectivity index (χ0) is 17.1. The molecule has 130 valence electrons. The fraction of sp³-hybridized carbons (Fsp3) is 0.556. The third kappa shape index (κ3) is 4.13. The van der Waals surface area contributed by atoms with E-state index in [0.29, 0.717) is 6.61 Å². The molecule has 1 aliphatic carbocycles. The predicted octanol–water partition coefficient (Wildman–Crippen LogP) is 1.83. The molecule has 24 heavy (non-hydrogen) atoms. The van der Waals surface area contributed by atoms with Crippen LogP contribution in [0.25, 0.3) is 0 Å². The maximum absolute atomic E-state index is 12.2. The van der Waals surface area contributed by atoms with Crippen molar-refractivity contribution in [2.24, 2.45) is 0 Å². The Morgan fingerprint density at radius 3 is 2.58 bits per heavy atom. The van der Waals surface area contributed by atoms with E-state index < -0.39 is 6.03 Å². The second kappa shape index (κ2) is 7.32. The number of imide groups is 1. The van der Waals surface area contributed by atoms with Crippen molar-refractivity contribution in [2.75, 3.05) is 13.2 Å². The topological polar surface area (TPSA) is 70.7 Å². The number of carbonyl (C=O) groups is 2. The first kappa shape index (κ1) is 16.9. The Morgan fingerprint density at radius 1 is 1.21 bits per heavy atom. The highest BCUT2D eigenvalue weighted by atomic mass is 16.5. The molecule has 3 amide bonds. The molecule has 1 aromatic carbocycles. The van der Waals surface area contributed by atoms with Gasteiger partial charge in [-0.05, 0) is 32.3 Å². The molecule has 0 aromatic heterocycles. The fourth-order valence-corrected chi connectivity index (χ4v) is 3.15. The van der Waals surface area contributed by atoms with Crippen LogP contribution in [-0.4, -0.2) is 48.1 Å². The summed E-state index contributed by atoms with van der Waals surface area (Å²) < 4.78 is 5.99. The van der Waals surface area contributed by atoms with E-state index in [1.165, 1.54) is 0 Å². The summed E-state index contributed by atoms with van der Waals surface area (Å²) in [5.41, 5.74) is 1.11. The van der Waals surface area contributed by atoms with E-state index >= 15 is 0 Å². The quantitative estimate of drug-likeness (QED) is 0.883. The Hall–Kier alpha value is -1.92. The molecule has 2 N–H and O–H groups in total. The van der Waals surface area contributed by atoms with Crippen LogP contribution in [0, 0.1) is 0 Å². The molecule has 1 saturated heterocycles. The molecular weight excluding hydrogens is 306 g/mol. The van der Waals surface area contributed by atoms with Crippen LogP contribution in [0.4, 0.5) is 4.79 Å². The average molecular weight is 331 g/mol. The molecule has 1 aromatic rings. The Balaban J connectivity index is 1.60. The van der Waals surface area contributed by atoms with E-state index in [9.17, 15) is 9.59 Å². The van der Waals surface area contributed by atoms with Crippen LogP contribution >= 0.6 is 0 Å². The molecule has 2 aliphatic rings. The van der Waals surface area contributed by atoms with E-state index in [0.717, 1.165) is 18.4 Å². The number of amides is 3. The molecule has 2 fully saturated rings. The first-order chi connectivity index (χ1) is 11.5. The number of nitrogens with zero attached hydrogens (tertiary/aromatic N) is 1. The first-order valence-electron chi connectivity index (χ1n) is 8.57. The van der Waals surface area contributed by atoms with Crippen molar-refractivity contribution in [3.8, 4) is 0 Å². The Kier molecular flexibility index (Phi) is 5.16. The molecule has 3 rings (SSSR count). The Bertz CT molecular complexity index is 588. The average Bonchev–Trinajstić information content (AvgIpc) is 3.36. The first-order valence-corrected chi connectivity index (χ1v) is 8.57. The second-order valence-corrected chi connectivity index (χ2v) is 6.72. The van der Waals surface area contributed by atoms with E-state index in [1.54, 1.807) is 0 Å². The minimum absolute atomic E-state index is 0.0494. The van der Waals surface area contributed by atoms with Crippen LogP contribution in [0.3, 0.4) is 0 Å². The lowest BCUT2D eigenvalue weighted by molar-refractivity contribution is -0.130. The maximum atomic E-state index is 12.2. The molecule has 0 unspecified atom stereocenters. The molecule has 6 heteroatoms. The lowest BCUT2D eigenvalue weighted by atomic mass is 9.98. The van der Waals surface area contributed by atoms with Gasteiger partial charge in [0, 0.05) is 18.1 Å². The lowest BCUT2D eigenvalue weighted by Gasteiger charge is -2.43. The highest BCUT2D eigenvalue weighted by molar-refractivity contribution is 5.95. The number of morpholine rings is 1. The number of hydrogen-bond donors (Lipinski definition) is 2. The van der Waals surface area contributed by atoms with Gasteiger partial charge in [-0.3, -0.25) is 15.0 Å². The summed E-state index contributed by atoms with van der Waals surface area (Å²) in [7, 11) is 0. The molecular formula is C18H25N3O3. The summed E-state index contributed by atoms with van der Waals surface area (Å²) in [5.74, 6) is -0.277. The molecule has 1 heterocycles. The van der Waals surface area contributed by atoms with Crippen molar-refractivity contribution >= 4 is 11.9 Å². The number of urea groups is 1. The van der Waals surface area contributed by atoms with Gasteiger partial charge in [-0.25, -0.2) is 4.79 Å². The fourth-order valence-electron chi connectivity index (χ4n) is 3.15. The van der Waals surface area contributed by atoms with Gasteiger partial charge >= 0.3 is 6.03 Å². The van der Waals surface area contributed by atoms with Gasteiger partial charge in [-0.15, -0.1) is 0 Å². The number of nitrogens with one attached hydrogen (secondary N) is 2. The zero-order valence-corrected chi connectivity index (χ0v) is 14.2. The largest absolute Gasteiger partial charge is 0.370 e. The van der Waals surface area contributed by atoms with Gasteiger partial charge in [-0.2, -0.15) is 0 Å². The van der Waals surface area contributed by atoms with E-state index in [-0.39, 0.29) is 36.7 Å². The van der Waals surface area contributed by atoms with Gasteiger partial charge in [-0.1, -0.05) is 30.3 Å². The van der Waals surface area contributed by atoms with Gasteiger partial charge in [0.15, 0.2) is 0 Å². The summed E-state index contributed by atoms with van der Waals surface area (Å²) in [6.45, 7) is 4.85. The summed E-state index contributed by atoms with van der Waals surface area (Å²) >= 11 is 0. The molecule has 0 bridgehead atoms. The van der Waals surface area contributed by atoms with Crippen LogP contribution in [0.15, 0.2) is 30.3 Å². The third-order valence-electron chi connectivity index (χ3n) is 4.66. The standard InChI is InChI=1S/C18H25N3O3/c1-12-11-24-17(14-6-4-3-5-7-14)13(2)21(12)10-16(22)20-18(23)19-15-8-9-15/h3-7,12-13,15,17H,8-11H2,1-2H3,(H2,19,20,22,23)/t12-,13+,17+/m1/s1.